The van der Waals surface area contributed by atoms with Crippen LogP contribution >= 0.6 is 0 Å². The van der Waals surface area contributed by atoms with Crippen molar-refractivity contribution >= 4 is 6.09 Å². The van der Waals surface area contributed by atoms with Crippen LogP contribution in [0.5, 0.6) is 0 Å². The molecule has 118 valence electrons. The quantitative estimate of drug-likeness (QED) is 0.928. The molecule has 1 aliphatic heterocycles. The molecule has 5 nitrogen and oxygen atoms in total. The lowest BCUT2D eigenvalue weighted by Gasteiger charge is -2.24. The zero-order valence-corrected chi connectivity index (χ0v) is 13.6. The smallest absolute Gasteiger partial charge is 0.410 e. The number of rotatable bonds is 4. The fourth-order valence-corrected chi connectivity index (χ4v) is 2.59. The van der Waals surface area contributed by atoms with E-state index >= 15 is 0 Å². The van der Waals surface area contributed by atoms with E-state index in [1.807, 2.05) is 20.8 Å². The SMILES string of the molecule is CCn1cccc1CNC1CCN(C(=O)OC(C)(C)C)C1. The van der Waals surface area contributed by atoms with Gasteiger partial charge < -0.3 is 19.5 Å². The van der Waals surface area contributed by atoms with Crippen molar-refractivity contribution in [2.45, 2.75) is 58.8 Å². The molecule has 0 radical (unpaired) electrons. The van der Waals surface area contributed by atoms with Crippen LogP contribution in [0.15, 0.2) is 18.3 Å². The Labute approximate surface area is 127 Å². The van der Waals surface area contributed by atoms with Gasteiger partial charge >= 0.3 is 6.09 Å². The number of ether oxygens (including phenoxy) is 1. The molecule has 1 unspecified atom stereocenters. The molecule has 2 rings (SSSR count). The number of likely N-dealkylation sites (tertiary alicyclic amines) is 1. The minimum atomic E-state index is -0.426. The molecule has 0 aromatic carbocycles. The number of nitrogens with zero attached hydrogens (tertiary/aromatic N) is 2. The summed E-state index contributed by atoms with van der Waals surface area (Å²) in [4.78, 5) is 13.8. The van der Waals surface area contributed by atoms with Gasteiger partial charge in [0, 0.05) is 44.1 Å². The topological polar surface area (TPSA) is 46.5 Å². The van der Waals surface area contributed by atoms with Gasteiger partial charge in [0.2, 0.25) is 0 Å². The first-order valence-corrected chi connectivity index (χ1v) is 7.74. The van der Waals surface area contributed by atoms with Crippen molar-refractivity contribution in [1.82, 2.24) is 14.8 Å². The number of carbonyl (C=O) groups is 1. The molecule has 1 amide bonds. The summed E-state index contributed by atoms with van der Waals surface area (Å²) in [5.41, 5.74) is 0.859. The molecule has 0 saturated carbocycles. The number of carbonyl (C=O) groups excluding carboxylic acids is 1. The van der Waals surface area contributed by atoms with Gasteiger partial charge in [-0.05, 0) is 46.2 Å². The maximum atomic E-state index is 12.0. The van der Waals surface area contributed by atoms with Crippen molar-refractivity contribution in [1.29, 1.82) is 0 Å². The predicted molar refractivity (Wildman–Crippen MR) is 83.2 cm³/mol. The Morgan fingerprint density at radius 3 is 2.90 bits per heavy atom. The molecule has 1 aromatic rings. The lowest BCUT2D eigenvalue weighted by atomic mass is 10.2. The molecule has 1 aromatic heterocycles. The third-order valence-electron chi connectivity index (χ3n) is 3.68. The van der Waals surface area contributed by atoms with Crippen LogP contribution in [0, 0.1) is 0 Å². The summed E-state index contributed by atoms with van der Waals surface area (Å²) in [6.07, 6.45) is 2.87. The fraction of sp³-hybridized carbons (Fsp3) is 0.688. The van der Waals surface area contributed by atoms with E-state index in [1.165, 1.54) is 5.69 Å². The largest absolute Gasteiger partial charge is 0.444 e. The van der Waals surface area contributed by atoms with Gasteiger partial charge in [-0.1, -0.05) is 0 Å². The average molecular weight is 293 g/mol. The Bertz CT molecular complexity index is 476. The van der Waals surface area contributed by atoms with E-state index in [9.17, 15) is 4.79 Å². The van der Waals surface area contributed by atoms with E-state index in [2.05, 4.69) is 35.1 Å². The van der Waals surface area contributed by atoms with Gasteiger partial charge in [-0.3, -0.25) is 0 Å². The van der Waals surface area contributed by atoms with Crippen molar-refractivity contribution in [2.24, 2.45) is 0 Å². The highest BCUT2D eigenvalue weighted by Gasteiger charge is 2.29. The second-order valence-electron chi connectivity index (χ2n) is 6.58. The van der Waals surface area contributed by atoms with Crippen LogP contribution < -0.4 is 5.32 Å². The highest BCUT2D eigenvalue weighted by molar-refractivity contribution is 5.68. The van der Waals surface area contributed by atoms with Gasteiger partial charge in [0.05, 0.1) is 0 Å². The highest BCUT2D eigenvalue weighted by atomic mass is 16.6. The normalized spacial score (nSPS) is 19.0. The van der Waals surface area contributed by atoms with E-state index in [0.717, 1.165) is 32.6 Å². The zero-order valence-electron chi connectivity index (χ0n) is 13.6. The molecule has 0 aliphatic carbocycles. The molecule has 1 atom stereocenters. The second kappa shape index (κ2) is 6.52. The van der Waals surface area contributed by atoms with E-state index in [4.69, 9.17) is 4.74 Å². The number of aryl methyl sites for hydroxylation is 1. The maximum absolute atomic E-state index is 12.0. The Balaban J connectivity index is 1.79. The summed E-state index contributed by atoms with van der Waals surface area (Å²) in [6, 6.07) is 4.55. The van der Waals surface area contributed by atoms with Gasteiger partial charge in [0.15, 0.2) is 0 Å². The molecule has 1 fully saturated rings. The van der Waals surface area contributed by atoms with Crippen LogP contribution in [0.1, 0.15) is 39.8 Å². The van der Waals surface area contributed by atoms with Gasteiger partial charge in [0.1, 0.15) is 5.60 Å². The van der Waals surface area contributed by atoms with Crippen LogP contribution in [0.3, 0.4) is 0 Å². The summed E-state index contributed by atoms with van der Waals surface area (Å²) in [5.74, 6) is 0. The van der Waals surface area contributed by atoms with Crippen LogP contribution in [0.2, 0.25) is 0 Å². The number of hydrogen-bond acceptors (Lipinski definition) is 3. The summed E-state index contributed by atoms with van der Waals surface area (Å²) < 4.78 is 7.64. The molecular weight excluding hydrogens is 266 g/mol. The van der Waals surface area contributed by atoms with Crippen molar-refractivity contribution in [2.75, 3.05) is 13.1 Å². The lowest BCUT2D eigenvalue weighted by molar-refractivity contribution is 0.0291. The molecular formula is C16H27N3O2. The summed E-state index contributed by atoms with van der Waals surface area (Å²) >= 11 is 0. The molecule has 0 bridgehead atoms. The number of aromatic nitrogens is 1. The zero-order chi connectivity index (χ0) is 15.5. The average Bonchev–Trinajstić information content (AvgIpc) is 3.03. The molecule has 0 spiro atoms. The minimum absolute atomic E-state index is 0.205. The minimum Gasteiger partial charge on any atom is -0.444 e. The number of amides is 1. The maximum Gasteiger partial charge on any atom is 0.410 e. The molecule has 5 heteroatoms. The molecule has 1 saturated heterocycles. The summed E-state index contributed by atoms with van der Waals surface area (Å²) in [7, 11) is 0. The molecule has 1 aliphatic rings. The second-order valence-corrected chi connectivity index (χ2v) is 6.58. The van der Waals surface area contributed by atoms with Gasteiger partial charge in [-0.2, -0.15) is 0 Å². The molecule has 1 N–H and O–H groups in total. The van der Waals surface area contributed by atoms with Crippen LogP contribution in [0.25, 0.3) is 0 Å². The fourth-order valence-electron chi connectivity index (χ4n) is 2.59. The van der Waals surface area contributed by atoms with Crippen molar-refractivity contribution in [3.63, 3.8) is 0 Å². The standard InChI is InChI=1S/C16H27N3O2/c1-5-18-9-6-7-14(18)11-17-13-8-10-19(12-13)15(20)21-16(2,3)4/h6-7,9,13,17H,5,8,10-12H2,1-4H3. The van der Waals surface area contributed by atoms with Crippen LogP contribution in [0.4, 0.5) is 4.79 Å². The third kappa shape index (κ3) is 4.49. The van der Waals surface area contributed by atoms with Gasteiger partial charge in [-0.25, -0.2) is 4.79 Å². The monoisotopic (exact) mass is 293 g/mol. The first kappa shape index (κ1) is 15.9. The Morgan fingerprint density at radius 1 is 1.48 bits per heavy atom. The Kier molecular flexibility index (Phi) is 4.93. The van der Waals surface area contributed by atoms with Crippen molar-refractivity contribution in [3.05, 3.63) is 24.0 Å². The summed E-state index contributed by atoms with van der Waals surface area (Å²) in [5, 5.41) is 3.54. The van der Waals surface area contributed by atoms with E-state index in [1.54, 1.807) is 4.90 Å². The lowest BCUT2D eigenvalue weighted by Crippen LogP contribution is -2.38. The van der Waals surface area contributed by atoms with Crippen molar-refractivity contribution in [3.8, 4) is 0 Å². The Hall–Kier alpha value is -1.49. The van der Waals surface area contributed by atoms with E-state index in [0.29, 0.717) is 6.04 Å². The van der Waals surface area contributed by atoms with E-state index in [-0.39, 0.29) is 6.09 Å². The van der Waals surface area contributed by atoms with Gasteiger partial charge in [-0.15, -0.1) is 0 Å². The van der Waals surface area contributed by atoms with Crippen LogP contribution in [-0.2, 0) is 17.8 Å². The highest BCUT2D eigenvalue weighted by Crippen LogP contribution is 2.15. The summed E-state index contributed by atoms with van der Waals surface area (Å²) in [6.45, 7) is 11.2. The van der Waals surface area contributed by atoms with E-state index < -0.39 is 5.60 Å². The van der Waals surface area contributed by atoms with Crippen molar-refractivity contribution < 1.29 is 9.53 Å². The number of nitrogens with one attached hydrogen (secondary N) is 1. The first-order valence-electron chi connectivity index (χ1n) is 7.74. The molecule has 21 heavy (non-hydrogen) atoms. The first-order chi connectivity index (χ1) is 9.89. The molecule has 2 heterocycles. The van der Waals surface area contributed by atoms with Crippen LogP contribution in [-0.4, -0.2) is 40.3 Å². The third-order valence-corrected chi connectivity index (χ3v) is 3.68. The predicted octanol–water partition coefficient (Wildman–Crippen LogP) is 2.61. The van der Waals surface area contributed by atoms with Gasteiger partial charge in [0.25, 0.3) is 0 Å². The Morgan fingerprint density at radius 2 is 2.24 bits per heavy atom. The number of hydrogen-bond donors (Lipinski definition) is 1.